The highest BCUT2D eigenvalue weighted by molar-refractivity contribution is 8.14. The summed E-state index contributed by atoms with van der Waals surface area (Å²) in [4.78, 5) is 0. The molecule has 0 fully saturated rings. The van der Waals surface area contributed by atoms with Crippen LogP contribution in [0.1, 0.15) is 116 Å². The number of benzene rings is 2. The van der Waals surface area contributed by atoms with Crippen LogP contribution in [0, 0.1) is 0 Å². The number of nitrogens with one attached hydrogen (secondary N) is 2. The average Bonchev–Trinajstić information content (AvgIpc) is 2.97. The van der Waals surface area contributed by atoms with Crippen LogP contribution in [0.25, 0.3) is 0 Å². The van der Waals surface area contributed by atoms with E-state index in [1.807, 2.05) is 48.5 Å². The van der Waals surface area contributed by atoms with Crippen molar-refractivity contribution in [3.05, 3.63) is 69.7 Å². The lowest BCUT2D eigenvalue weighted by Gasteiger charge is -2.20. The van der Waals surface area contributed by atoms with E-state index in [2.05, 4.69) is 38.3 Å². The second kappa shape index (κ2) is 19.1. The topological polar surface area (TPSA) is 92.3 Å². The third-order valence-corrected chi connectivity index (χ3v) is 12.3. The second-order valence-electron chi connectivity index (χ2n) is 11.2. The molecule has 0 aromatic heterocycles. The number of hydrogen-bond acceptors (Lipinski definition) is 6. The Bertz CT molecular complexity index is 1180. The maximum atomic E-state index is 13.9. The van der Waals surface area contributed by atoms with Gasteiger partial charge in [0.15, 0.2) is 23.9 Å². The van der Waals surface area contributed by atoms with Crippen molar-refractivity contribution in [2.45, 2.75) is 118 Å². The molecule has 0 bridgehead atoms. The van der Waals surface area contributed by atoms with Crippen molar-refractivity contribution in [1.29, 1.82) is 0 Å². The zero-order chi connectivity index (χ0) is 30.8. The number of hydrogen-bond donors (Lipinski definition) is 2. The molecule has 42 heavy (non-hydrogen) atoms. The molecule has 0 spiro atoms. The van der Waals surface area contributed by atoms with E-state index >= 15 is 0 Å². The smallest absolute Gasteiger partial charge is 0.199 e. The van der Waals surface area contributed by atoms with Crippen molar-refractivity contribution in [2.24, 2.45) is 0 Å². The van der Waals surface area contributed by atoms with Crippen molar-refractivity contribution in [3.63, 3.8) is 0 Å². The average molecular weight is 619 g/mol. The van der Waals surface area contributed by atoms with E-state index in [0.717, 1.165) is 88.2 Å². The third-order valence-electron chi connectivity index (χ3n) is 7.57. The second-order valence-corrected chi connectivity index (χ2v) is 15.5. The molecule has 0 saturated carbocycles. The standard InChI is InChI=1S/C34H54N2O4S2/c1-5-9-11-13-15-17-27-41(37,38)34(42(39,40)28-18-16-14-12-10-6-2)33(35-31-23-19-29(7-3)20-24-31)36-32-25-21-30(8-4)22-26-32/h19-26,35-36H,5-18,27-28H2,1-4H3. The Morgan fingerprint density at radius 2 is 0.833 bits per heavy atom. The van der Waals surface area contributed by atoms with Gasteiger partial charge in [0, 0.05) is 11.4 Å². The SMILES string of the molecule is CCCCCCCCS(=O)(=O)C(=C(Nc1ccc(CC)cc1)Nc1ccc(CC)cc1)S(=O)(=O)CCCCCCCC. The van der Waals surface area contributed by atoms with E-state index in [9.17, 15) is 16.8 Å². The zero-order valence-electron chi connectivity index (χ0n) is 26.4. The summed E-state index contributed by atoms with van der Waals surface area (Å²) in [7, 11) is -8.25. The highest BCUT2D eigenvalue weighted by atomic mass is 32.3. The predicted octanol–water partition coefficient (Wildman–Crippen LogP) is 9.01. The minimum absolute atomic E-state index is 0.000429. The summed E-state index contributed by atoms with van der Waals surface area (Å²) >= 11 is 0. The minimum atomic E-state index is -4.12. The number of sulfone groups is 2. The van der Waals surface area contributed by atoms with Crippen LogP contribution in [-0.4, -0.2) is 28.3 Å². The monoisotopic (exact) mass is 618 g/mol. The van der Waals surface area contributed by atoms with E-state index in [0.29, 0.717) is 24.2 Å². The first kappa shape index (κ1) is 35.9. The van der Waals surface area contributed by atoms with E-state index < -0.39 is 23.9 Å². The first-order valence-corrected chi connectivity index (χ1v) is 19.4. The van der Waals surface area contributed by atoms with Gasteiger partial charge in [0.25, 0.3) is 0 Å². The van der Waals surface area contributed by atoms with Crippen LogP contribution in [0.15, 0.2) is 58.6 Å². The fraction of sp³-hybridized carbons (Fsp3) is 0.588. The van der Waals surface area contributed by atoms with Gasteiger partial charge in [-0.05, 0) is 61.1 Å². The van der Waals surface area contributed by atoms with Crippen LogP contribution in [0.2, 0.25) is 0 Å². The molecule has 0 amide bonds. The van der Waals surface area contributed by atoms with Crippen molar-refractivity contribution in [2.75, 3.05) is 22.1 Å². The number of unbranched alkanes of at least 4 members (excludes halogenated alkanes) is 10. The number of anilines is 2. The number of rotatable bonds is 22. The maximum absolute atomic E-state index is 13.9. The Balaban J connectivity index is 2.51. The van der Waals surface area contributed by atoms with E-state index in [-0.39, 0.29) is 17.3 Å². The molecule has 6 nitrogen and oxygen atoms in total. The molecule has 0 aliphatic carbocycles. The van der Waals surface area contributed by atoms with Gasteiger partial charge in [0.2, 0.25) is 0 Å². The molecule has 2 aromatic rings. The quantitative estimate of drug-likeness (QED) is 0.128. The van der Waals surface area contributed by atoms with Crippen LogP contribution in [0.3, 0.4) is 0 Å². The summed E-state index contributed by atoms with van der Waals surface area (Å²) in [5.74, 6) is -0.387. The predicted molar refractivity (Wildman–Crippen MR) is 180 cm³/mol. The van der Waals surface area contributed by atoms with Crippen molar-refractivity contribution >= 4 is 31.0 Å². The van der Waals surface area contributed by atoms with Gasteiger partial charge in [-0.1, -0.05) is 116 Å². The molecule has 2 N–H and O–H groups in total. The molecule has 0 unspecified atom stereocenters. The Labute approximate surface area is 256 Å². The Hall–Kier alpha value is -2.32. The highest BCUT2D eigenvalue weighted by Gasteiger charge is 2.34. The lowest BCUT2D eigenvalue weighted by Crippen LogP contribution is -2.27. The van der Waals surface area contributed by atoms with Crippen LogP contribution >= 0.6 is 0 Å². The Morgan fingerprint density at radius 3 is 1.17 bits per heavy atom. The lowest BCUT2D eigenvalue weighted by molar-refractivity contribution is 0.582. The van der Waals surface area contributed by atoms with Gasteiger partial charge in [-0.15, -0.1) is 0 Å². The summed E-state index contributed by atoms with van der Waals surface area (Å²) in [5.41, 5.74) is 3.53. The summed E-state index contributed by atoms with van der Waals surface area (Å²) in [6.07, 6.45) is 12.6. The van der Waals surface area contributed by atoms with Gasteiger partial charge < -0.3 is 10.6 Å². The van der Waals surface area contributed by atoms with Crippen LogP contribution in [0.5, 0.6) is 0 Å². The molecule has 236 valence electrons. The summed E-state index contributed by atoms with van der Waals surface area (Å²) in [5, 5.41) is 6.33. The first-order chi connectivity index (χ1) is 20.2. The van der Waals surface area contributed by atoms with E-state index in [4.69, 9.17) is 0 Å². The highest BCUT2D eigenvalue weighted by Crippen LogP contribution is 2.27. The van der Waals surface area contributed by atoms with Gasteiger partial charge in [-0.2, -0.15) is 0 Å². The molecule has 0 saturated heterocycles. The summed E-state index contributed by atoms with van der Waals surface area (Å²) < 4.78 is 55.3. The molecule has 2 aromatic carbocycles. The molecule has 0 heterocycles. The first-order valence-electron chi connectivity index (χ1n) is 16.1. The molecule has 2 rings (SSSR count). The number of aryl methyl sites for hydroxylation is 2. The van der Waals surface area contributed by atoms with Crippen LogP contribution in [0.4, 0.5) is 11.4 Å². The summed E-state index contributed by atoms with van der Waals surface area (Å²) in [6.45, 7) is 8.42. The minimum Gasteiger partial charge on any atom is -0.340 e. The van der Waals surface area contributed by atoms with Crippen LogP contribution in [-0.2, 0) is 32.5 Å². The largest absolute Gasteiger partial charge is 0.340 e. The van der Waals surface area contributed by atoms with Crippen molar-refractivity contribution < 1.29 is 16.8 Å². The molecule has 0 atom stereocenters. The molecule has 0 aliphatic heterocycles. The fourth-order valence-electron chi connectivity index (χ4n) is 4.90. The molecular formula is C34H54N2O4S2. The zero-order valence-corrected chi connectivity index (χ0v) is 28.0. The normalized spacial score (nSPS) is 11.8. The fourth-order valence-corrected chi connectivity index (χ4v) is 9.32. The van der Waals surface area contributed by atoms with Crippen molar-refractivity contribution in [1.82, 2.24) is 0 Å². The molecule has 0 aliphatic rings. The lowest BCUT2D eigenvalue weighted by atomic mass is 10.1. The molecular weight excluding hydrogens is 565 g/mol. The van der Waals surface area contributed by atoms with Gasteiger partial charge in [0.1, 0.15) is 5.82 Å². The maximum Gasteiger partial charge on any atom is 0.199 e. The van der Waals surface area contributed by atoms with Crippen LogP contribution < -0.4 is 10.6 Å². The molecule has 8 heteroatoms. The van der Waals surface area contributed by atoms with E-state index in [1.165, 1.54) is 0 Å². The Morgan fingerprint density at radius 1 is 0.500 bits per heavy atom. The summed E-state index contributed by atoms with van der Waals surface area (Å²) in [6, 6.07) is 15.3. The van der Waals surface area contributed by atoms with Gasteiger partial charge in [-0.3, -0.25) is 0 Å². The van der Waals surface area contributed by atoms with Gasteiger partial charge in [0.05, 0.1) is 11.5 Å². The van der Waals surface area contributed by atoms with Crippen molar-refractivity contribution in [3.8, 4) is 0 Å². The van der Waals surface area contributed by atoms with Gasteiger partial charge in [-0.25, -0.2) is 16.8 Å². The van der Waals surface area contributed by atoms with E-state index in [1.54, 1.807) is 0 Å². The Kier molecular flexibility index (Phi) is 16.3. The third kappa shape index (κ3) is 12.5. The van der Waals surface area contributed by atoms with Gasteiger partial charge >= 0.3 is 0 Å². The molecule has 0 radical (unpaired) electrons.